The number of ether oxygens (including phenoxy) is 2. The quantitative estimate of drug-likeness (QED) is 0.700. The van der Waals surface area contributed by atoms with Crippen LogP contribution < -0.4 is 5.32 Å². The Hall–Kier alpha value is -1.34. The summed E-state index contributed by atoms with van der Waals surface area (Å²) >= 11 is 0. The minimum atomic E-state index is -0.819. The number of nitrogens with one attached hydrogen (secondary N) is 1. The molecule has 7 heteroatoms. The highest BCUT2D eigenvalue weighted by molar-refractivity contribution is 5.74. The SMILES string of the molecule is COCC(CNC(=O)N1CCCCC1CCC(=O)O)OC. The molecule has 0 aromatic carbocycles. The molecule has 7 nitrogen and oxygen atoms in total. The molecule has 21 heavy (non-hydrogen) atoms. The van der Waals surface area contributed by atoms with Crippen LogP contribution in [0.25, 0.3) is 0 Å². The van der Waals surface area contributed by atoms with Gasteiger partial charge in [-0.2, -0.15) is 0 Å². The number of aliphatic carboxylic acids is 1. The maximum absolute atomic E-state index is 12.2. The number of carbonyl (C=O) groups is 2. The van der Waals surface area contributed by atoms with Crippen LogP contribution in [0.3, 0.4) is 0 Å². The first-order chi connectivity index (χ1) is 10.1. The maximum Gasteiger partial charge on any atom is 0.317 e. The molecule has 1 rings (SSSR count). The Morgan fingerprint density at radius 2 is 2.14 bits per heavy atom. The van der Waals surface area contributed by atoms with E-state index in [-0.39, 0.29) is 24.6 Å². The number of carboxylic acids is 1. The summed E-state index contributed by atoms with van der Waals surface area (Å²) < 4.78 is 10.2. The van der Waals surface area contributed by atoms with Crippen molar-refractivity contribution in [3.05, 3.63) is 0 Å². The van der Waals surface area contributed by atoms with Gasteiger partial charge in [-0.05, 0) is 25.7 Å². The molecule has 1 heterocycles. The molecular weight excluding hydrogens is 276 g/mol. The van der Waals surface area contributed by atoms with Crippen LogP contribution >= 0.6 is 0 Å². The highest BCUT2D eigenvalue weighted by atomic mass is 16.5. The van der Waals surface area contributed by atoms with E-state index in [9.17, 15) is 9.59 Å². The third-order valence-corrected chi connectivity index (χ3v) is 3.75. The summed E-state index contributed by atoms with van der Waals surface area (Å²) in [6.07, 6.45) is 3.29. The van der Waals surface area contributed by atoms with Crippen LogP contribution in [-0.2, 0) is 14.3 Å². The fraction of sp³-hybridized carbons (Fsp3) is 0.857. The Balaban J connectivity index is 2.46. The van der Waals surface area contributed by atoms with E-state index < -0.39 is 5.97 Å². The van der Waals surface area contributed by atoms with Crippen molar-refractivity contribution in [1.29, 1.82) is 0 Å². The summed E-state index contributed by atoms with van der Waals surface area (Å²) in [5.41, 5.74) is 0. The molecule has 122 valence electrons. The van der Waals surface area contributed by atoms with Crippen LogP contribution in [0.4, 0.5) is 4.79 Å². The van der Waals surface area contributed by atoms with Crippen molar-refractivity contribution in [2.24, 2.45) is 0 Å². The average Bonchev–Trinajstić information content (AvgIpc) is 2.49. The predicted molar refractivity (Wildman–Crippen MR) is 77.3 cm³/mol. The van der Waals surface area contributed by atoms with Gasteiger partial charge in [0.1, 0.15) is 0 Å². The van der Waals surface area contributed by atoms with Crippen LogP contribution in [-0.4, -0.2) is 68.1 Å². The highest BCUT2D eigenvalue weighted by Crippen LogP contribution is 2.20. The number of carbonyl (C=O) groups excluding carboxylic acids is 1. The zero-order chi connectivity index (χ0) is 15.7. The minimum absolute atomic E-state index is 0.0123. The van der Waals surface area contributed by atoms with E-state index in [1.807, 2.05) is 0 Å². The van der Waals surface area contributed by atoms with E-state index >= 15 is 0 Å². The van der Waals surface area contributed by atoms with Crippen molar-refractivity contribution in [1.82, 2.24) is 10.2 Å². The highest BCUT2D eigenvalue weighted by Gasteiger charge is 2.27. The zero-order valence-corrected chi connectivity index (χ0v) is 12.8. The Morgan fingerprint density at radius 3 is 2.76 bits per heavy atom. The van der Waals surface area contributed by atoms with Crippen molar-refractivity contribution >= 4 is 12.0 Å². The van der Waals surface area contributed by atoms with E-state index in [0.29, 0.717) is 26.1 Å². The molecule has 2 atom stereocenters. The average molecular weight is 302 g/mol. The van der Waals surface area contributed by atoms with Gasteiger partial charge in [-0.3, -0.25) is 4.79 Å². The summed E-state index contributed by atoms with van der Waals surface area (Å²) in [7, 11) is 3.16. The van der Waals surface area contributed by atoms with Gasteiger partial charge in [-0.25, -0.2) is 4.79 Å². The Kier molecular flexibility index (Phi) is 8.07. The van der Waals surface area contributed by atoms with Crippen molar-refractivity contribution in [2.45, 2.75) is 44.2 Å². The summed E-state index contributed by atoms with van der Waals surface area (Å²) in [5, 5.41) is 11.6. The van der Waals surface area contributed by atoms with Crippen molar-refractivity contribution in [2.75, 3.05) is 33.9 Å². The number of rotatable bonds is 8. The lowest BCUT2D eigenvalue weighted by Crippen LogP contribution is -2.50. The molecule has 2 unspecified atom stereocenters. The first kappa shape index (κ1) is 17.7. The Bertz CT molecular complexity index is 337. The molecular formula is C14H26N2O5. The van der Waals surface area contributed by atoms with Gasteiger partial charge in [0.15, 0.2) is 0 Å². The van der Waals surface area contributed by atoms with E-state index in [1.165, 1.54) is 0 Å². The number of urea groups is 1. The number of piperidine rings is 1. The molecule has 0 aromatic heterocycles. The summed E-state index contributed by atoms with van der Waals surface area (Å²) in [4.78, 5) is 24.7. The molecule has 1 fully saturated rings. The Morgan fingerprint density at radius 1 is 1.38 bits per heavy atom. The van der Waals surface area contributed by atoms with Crippen LogP contribution in [0, 0.1) is 0 Å². The van der Waals surface area contributed by atoms with E-state index in [1.54, 1.807) is 19.1 Å². The van der Waals surface area contributed by atoms with Gasteiger partial charge in [0.05, 0.1) is 12.7 Å². The number of hydrogen-bond donors (Lipinski definition) is 2. The van der Waals surface area contributed by atoms with E-state index in [4.69, 9.17) is 14.6 Å². The van der Waals surface area contributed by atoms with Crippen molar-refractivity contribution < 1.29 is 24.2 Å². The van der Waals surface area contributed by atoms with Crippen LogP contribution in [0.2, 0.25) is 0 Å². The smallest absolute Gasteiger partial charge is 0.317 e. The van der Waals surface area contributed by atoms with Gasteiger partial charge in [-0.15, -0.1) is 0 Å². The number of carboxylic acid groups (broad SMARTS) is 1. The largest absolute Gasteiger partial charge is 0.481 e. The predicted octanol–water partition coefficient (Wildman–Crippen LogP) is 1.08. The lowest BCUT2D eigenvalue weighted by molar-refractivity contribution is -0.137. The van der Waals surface area contributed by atoms with Crippen LogP contribution in [0.5, 0.6) is 0 Å². The third kappa shape index (κ3) is 6.31. The van der Waals surface area contributed by atoms with Gasteiger partial charge >= 0.3 is 12.0 Å². The molecule has 0 saturated carbocycles. The van der Waals surface area contributed by atoms with Crippen molar-refractivity contribution in [3.63, 3.8) is 0 Å². The lowest BCUT2D eigenvalue weighted by Gasteiger charge is -2.36. The van der Waals surface area contributed by atoms with Crippen LogP contribution in [0.1, 0.15) is 32.1 Å². The standard InChI is InChI=1S/C14H26N2O5/c1-20-10-12(21-2)9-15-14(19)16-8-4-3-5-11(16)6-7-13(17)18/h11-12H,3-10H2,1-2H3,(H,15,19)(H,17,18). The second-order valence-electron chi connectivity index (χ2n) is 5.27. The normalized spacial score (nSPS) is 20.1. The first-order valence-electron chi connectivity index (χ1n) is 7.36. The minimum Gasteiger partial charge on any atom is -0.481 e. The molecule has 2 amide bonds. The maximum atomic E-state index is 12.2. The number of hydrogen-bond acceptors (Lipinski definition) is 4. The van der Waals surface area contributed by atoms with Gasteiger partial charge in [0, 0.05) is 39.8 Å². The number of amides is 2. The lowest BCUT2D eigenvalue weighted by atomic mass is 9.98. The molecule has 1 aliphatic rings. The molecule has 0 aromatic rings. The molecule has 1 aliphatic heterocycles. The zero-order valence-electron chi connectivity index (χ0n) is 12.8. The molecule has 0 aliphatic carbocycles. The summed E-state index contributed by atoms with van der Waals surface area (Å²) in [5.74, 6) is -0.819. The number of likely N-dealkylation sites (tertiary alicyclic amines) is 1. The molecule has 2 N–H and O–H groups in total. The monoisotopic (exact) mass is 302 g/mol. The molecule has 0 radical (unpaired) electrons. The second-order valence-corrected chi connectivity index (χ2v) is 5.27. The van der Waals surface area contributed by atoms with Gasteiger partial charge < -0.3 is 24.8 Å². The number of methoxy groups -OCH3 is 2. The second kappa shape index (κ2) is 9.57. The molecule has 0 spiro atoms. The van der Waals surface area contributed by atoms with Gasteiger partial charge in [0.25, 0.3) is 0 Å². The van der Waals surface area contributed by atoms with E-state index in [2.05, 4.69) is 5.32 Å². The fourth-order valence-electron chi connectivity index (χ4n) is 2.56. The third-order valence-electron chi connectivity index (χ3n) is 3.75. The summed E-state index contributed by atoms with van der Waals surface area (Å²) in [6.45, 7) is 1.47. The molecule has 1 saturated heterocycles. The van der Waals surface area contributed by atoms with Gasteiger partial charge in [-0.1, -0.05) is 0 Å². The summed E-state index contributed by atoms with van der Waals surface area (Å²) in [6, 6.07) is -0.137. The fourth-order valence-corrected chi connectivity index (χ4v) is 2.56. The topological polar surface area (TPSA) is 88.1 Å². The first-order valence-corrected chi connectivity index (χ1v) is 7.36. The number of nitrogens with zero attached hydrogens (tertiary/aromatic N) is 1. The van der Waals surface area contributed by atoms with Gasteiger partial charge in [0.2, 0.25) is 0 Å². The van der Waals surface area contributed by atoms with Crippen molar-refractivity contribution in [3.8, 4) is 0 Å². The van der Waals surface area contributed by atoms with E-state index in [0.717, 1.165) is 19.3 Å². The molecule has 0 bridgehead atoms. The Labute approximate surface area is 125 Å². The van der Waals surface area contributed by atoms with Crippen LogP contribution in [0.15, 0.2) is 0 Å².